The summed E-state index contributed by atoms with van der Waals surface area (Å²) >= 11 is 0.932. The highest BCUT2D eigenvalue weighted by Gasteiger charge is 2.41. The number of primary amides is 1. The van der Waals surface area contributed by atoms with E-state index in [4.69, 9.17) is 5.73 Å². The zero-order chi connectivity index (χ0) is 17.9. The van der Waals surface area contributed by atoms with E-state index in [1.54, 1.807) is 13.8 Å². The molecule has 2 rings (SSSR count). The quantitative estimate of drug-likeness (QED) is 0.790. The molecule has 3 N–H and O–H groups in total. The standard InChI is InChI=1S/C15H23N3O4S2/c1-9(2)12(24(21,22)10-6-4-3-5-7-10)14(20)18-15-17-8-11(23-15)13(16)19/h8-10,12H,3-7H2,1-2H3,(H2,16,19)(H,17,18,20). The second-order valence-electron chi connectivity index (χ2n) is 6.40. The Morgan fingerprint density at radius 2 is 1.92 bits per heavy atom. The summed E-state index contributed by atoms with van der Waals surface area (Å²) in [6.45, 7) is 3.45. The van der Waals surface area contributed by atoms with Crippen LogP contribution in [0, 0.1) is 5.92 Å². The van der Waals surface area contributed by atoms with Crippen molar-refractivity contribution in [3.8, 4) is 0 Å². The van der Waals surface area contributed by atoms with Crippen molar-refractivity contribution < 1.29 is 18.0 Å². The van der Waals surface area contributed by atoms with Gasteiger partial charge in [0, 0.05) is 0 Å². The third kappa shape index (κ3) is 4.13. The molecule has 1 heterocycles. The van der Waals surface area contributed by atoms with Crippen LogP contribution in [0.1, 0.15) is 55.6 Å². The minimum atomic E-state index is -3.58. The van der Waals surface area contributed by atoms with Crippen LogP contribution in [-0.4, -0.2) is 35.7 Å². The second-order valence-corrected chi connectivity index (χ2v) is 9.78. The van der Waals surface area contributed by atoms with Crippen LogP contribution in [0.5, 0.6) is 0 Å². The van der Waals surface area contributed by atoms with Crippen LogP contribution in [0.15, 0.2) is 6.20 Å². The molecule has 1 fully saturated rings. The summed E-state index contributed by atoms with van der Waals surface area (Å²) in [5.74, 6) is -1.59. The number of carbonyl (C=O) groups is 2. The fourth-order valence-electron chi connectivity index (χ4n) is 3.05. The van der Waals surface area contributed by atoms with Crippen molar-refractivity contribution in [3.63, 3.8) is 0 Å². The van der Waals surface area contributed by atoms with Crippen molar-refractivity contribution in [2.24, 2.45) is 11.7 Å². The highest BCUT2D eigenvalue weighted by atomic mass is 32.2. The number of nitrogens with one attached hydrogen (secondary N) is 1. The van der Waals surface area contributed by atoms with Gasteiger partial charge in [0.05, 0.1) is 11.4 Å². The van der Waals surface area contributed by atoms with Gasteiger partial charge in [-0.25, -0.2) is 13.4 Å². The molecular weight excluding hydrogens is 350 g/mol. The third-order valence-electron chi connectivity index (χ3n) is 4.21. The monoisotopic (exact) mass is 373 g/mol. The van der Waals surface area contributed by atoms with E-state index in [2.05, 4.69) is 10.3 Å². The smallest absolute Gasteiger partial charge is 0.260 e. The van der Waals surface area contributed by atoms with E-state index >= 15 is 0 Å². The number of rotatable bonds is 6. The molecule has 1 aliphatic carbocycles. The van der Waals surface area contributed by atoms with E-state index in [-0.39, 0.29) is 15.9 Å². The van der Waals surface area contributed by atoms with Crippen LogP contribution >= 0.6 is 11.3 Å². The molecule has 0 radical (unpaired) electrons. The number of nitrogens with two attached hydrogens (primary N) is 1. The lowest BCUT2D eigenvalue weighted by atomic mass is 10.0. The molecule has 1 saturated carbocycles. The molecule has 0 saturated heterocycles. The molecule has 1 unspecified atom stereocenters. The first-order chi connectivity index (χ1) is 11.2. The van der Waals surface area contributed by atoms with Crippen molar-refractivity contribution in [2.75, 3.05) is 5.32 Å². The van der Waals surface area contributed by atoms with Gasteiger partial charge in [0.25, 0.3) is 5.91 Å². The number of anilines is 1. The van der Waals surface area contributed by atoms with E-state index < -0.39 is 32.2 Å². The highest BCUT2D eigenvalue weighted by molar-refractivity contribution is 7.93. The second kappa shape index (κ2) is 7.60. The number of amides is 2. The van der Waals surface area contributed by atoms with Crippen molar-refractivity contribution in [1.29, 1.82) is 0 Å². The lowest BCUT2D eigenvalue weighted by molar-refractivity contribution is -0.116. The van der Waals surface area contributed by atoms with E-state index in [0.29, 0.717) is 12.8 Å². The van der Waals surface area contributed by atoms with E-state index in [0.717, 1.165) is 30.6 Å². The molecule has 1 atom stereocenters. The van der Waals surface area contributed by atoms with Gasteiger partial charge in [0.2, 0.25) is 5.91 Å². The Hall–Kier alpha value is -1.48. The van der Waals surface area contributed by atoms with Crippen LogP contribution in [0.4, 0.5) is 5.13 Å². The summed E-state index contributed by atoms with van der Waals surface area (Å²) in [6.07, 6.45) is 5.29. The number of aromatic nitrogens is 1. The minimum absolute atomic E-state index is 0.179. The van der Waals surface area contributed by atoms with Gasteiger partial charge in [-0.15, -0.1) is 0 Å². The van der Waals surface area contributed by atoms with Crippen molar-refractivity contribution in [1.82, 2.24) is 4.98 Å². The Bertz CT molecular complexity index is 706. The number of thiazole rings is 1. The summed E-state index contributed by atoms with van der Waals surface area (Å²) in [6, 6.07) is 0. The first-order valence-electron chi connectivity index (χ1n) is 8.02. The third-order valence-corrected chi connectivity index (χ3v) is 8.01. The number of carbonyl (C=O) groups excluding carboxylic acids is 2. The molecule has 1 aromatic rings. The van der Waals surface area contributed by atoms with Gasteiger partial charge in [0.1, 0.15) is 10.1 Å². The summed E-state index contributed by atoms with van der Waals surface area (Å²) in [5, 5.41) is 1.12. The molecule has 1 aromatic heterocycles. The zero-order valence-electron chi connectivity index (χ0n) is 13.8. The maximum atomic E-state index is 12.9. The van der Waals surface area contributed by atoms with Gasteiger partial charge in [-0.05, 0) is 18.8 Å². The van der Waals surface area contributed by atoms with Gasteiger partial charge in [-0.3, -0.25) is 9.59 Å². The lowest BCUT2D eigenvalue weighted by Gasteiger charge is -2.28. The first kappa shape index (κ1) is 18.9. The largest absolute Gasteiger partial charge is 0.365 e. The number of hydrogen-bond donors (Lipinski definition) is 2. The average Bonchev–Trinajstić information content (AvgIpc) is 2.96. The van der Waals surface area contributed by atoms with Gasteiger partial charge in [-0.1, -0.05) is 44.4 Å². The molecule has 0 bridgehead atoms. The fraction of sp³-hybridized carbons (Fsp3) is 0.667. The van der Waals surface area contributed by atoms with Crippen LogP contribution in [0.25, 0.3) is 0 Å². The van der Waals surface area contributed by atoms with Crippen molar-refractivity contribution in [2.45, 2.75) is 56.5 Å². The topological polar surface area (TPSA) is 119 Å². The Kier molecular flexibility index (Phi) is 5.97. The zero-order valence-corrected chi connectivity index (χ0v) is 15.5. The average molecular weight is 374 g/mol. The minimum Gasteiger partial charge on any atom is -0.365 e. The van der Waals surface area contributed by atoms with Gasteiger partial charge in [-0.2, -0.15) is 0 Å². The Morgan fingerprint density at radius 3 is 2.42 bits per heavy atom. The molecule has 0 aromatic carbocycles. The van der Waals surface area contributed by atoms with E-state index in [1.807, 2.05) is 0 Å². The molecule has 0 aliphatic heterocycles. The number of nitrogens with zero attached hydrogens (tertiary/aromatic N) is 1. The fourth-order valence-corrected chi connectivity index (χ4v) is 6.25. The van der Waals surface area contributed by atoms with Crippen molar-refractivity contribution in [3.05, 3.63) is 11.1 Å². The molecule has 2 amide bonds. The van der Waals surface area contributed by atoms with Gasteiger partial charge in [0.15, 0.2) is 15.0 Å². The lowest BCUT2D eigenvalue weighted by Crippen LogP contribution is -2.44. The van der Waals surface area contributed by atoms with Crippen LogP contribution in [-0.2, 0) is 14.6 Å². The molecule has 24 heavy (non-hydrogen) atoms. The normalized spacial score (nSPS) is 17.6. The van der Waals surface area contributed by atoms with E-state index in [9.17, 15) is 18.0 Å². The summed E-state index contributed by atoms with van der Waals surface area (Å²) in [5.41, 5.74) is 5.16. The summed E-state index contributed by atoms with van der Waals surface area (Å²) in [4.78, 5) is 27.8. The summed E-state index contributed by atoms with van der Waals surface area (Å²) < 4.78 is 25.8. The number of hydrogen-bond acceptors (Lipinski definition) is 6. The Morgan fingerprint density at radius 1 is 1.29 bits per heavy atom. The Balaban J connectivity index is 2.19. The van der Waals surface area contributed by atoms with Crippen LogP contribution in [0.2, 0.25) is 0 Å². The van der Waals surface area contributed by atoms with Crippen LogP contribution < -0.4 is 11.1 Å². The molecule has 7 nitrogen and oxygen atoms in total. The summed E-state index contributed by atoms with van der Waals surface area (Å²) in [7, 11) is -3.58. The number of sulfone groups is 1. The predicted molar refractivity (Wildman–Crippen MR) is 93.7 cm³/mol. The first-order valence-corrected chi connectivity index (χ1v) is 10.4. The van der Waals surface area contributed by atoms with E-state index in [1.165, 1.54) is 6.20 Å². The molecule has 0 spiro atoms. The molecule has 9 heteroatoms. The van der Waals surface area contributed by atoms with Crippen LogP contribution in [0.3, 0.4) is 0 Å². The van der Waals surface area contributed by atoms with Gasteiger partial charge < -0.3 is 11.1 Å². The molecular formula is C15H23N3O4S2. The maximum Gasteiger partial charge on any atom is 0.260 e. The highest BCUT2D eigenvalue weighted by Crippen LogP contribution is 2.30. The molecule has 134 valence electrons. The van der Waals surface area contributed by atoms with Gasteiger partial charge >= 0.3 is 0 Å². The van der Waals surface area contributed by atoms with Crippen molar-refractivity contribution >= 4 is 38.1 Å². The predicted octanol–water partition coefficient (Wildman–Crippen LogP) is 1.95. The molecule has 1 aliphatic rings. The SMILES string of the molecule is CC(C)C(C(=O)Nc1ncc(C(N)=O)s1)S(=O)(=O)C1CCCCC1. The Labute approximate surface area is 146 Å². The maximum absolute atomic E-state index is 12.9.